The molecule has 1 atom stereocenters. The van der Waals surface area contributed by atoms with Gasteiger partial charge in [0.15, 0.2) is 0 Å². The summed E-state index contributed by atoms with van der Waals surface area (Å²) in [7, 11) is 0. The second-order valence-corrected chi connectivity index (χ2v) is 4.56. The fraction of sp³-hybridized carbons (Fsp3) is 0.417. The first-order valence-corrected chi connectivity index (χ1v) is 5.88. The Bertz CT molecular complexity index is 516. The zero-order chi connectivity index (χ0) is 14.0. The van der Waals surface area contributed by atoms with Crippen LogP contribution in [0.25, 0.3) is 0 Å². The van der Waals surface area contributed by atoms with Crippen molar-refractivity contribution < 1.29 is 19.2 Å². The van der Waals surface area contributed by atoms with Crippen LogP contribution in [0.2, 0.25) is 0 Å². The van der Waals surface area contributed by atoms with E-state index >= 15 is 0 Å². The molecule has 1 aliphatic carbocycles. The van der Waals surface area contributed by atoms with E-state index in [1.165, 1.54) is 0 Å². The second kappa shape index (κ2) is 5.31. The highest BCUT2D eigenvalue weighted by molar-refractivity contribution is 5.74. The zero-order valence-corrected chi connectivity index (χ0v) is 10.0. The van der Waals surface area contributed by atoms with E-state index in [0.717, 1.165) is 31.0 Å². The molecule has 1 fully saturated rings. The highest BCUT2D eigenvalue weighted by Gasteiger charge is 2.36. The summed E-state index contributed by atoms with van der Waals surface area (Å²) in [6.45, 7) is -0.0401. The highest BCUT2D eigenvalue weighted by atomic mass is 19.1. The third-order valence-electron chi connectivity index (χ3n) is 3.11. The van der Waals surface area contributed by atoms with Gasteiger partial charge in [-0.15, -0.1) is 0 Å². The third kappa shape index (κ3) is 3.25. The first-order chi connectivity index (χ1) is 8.99. The average Bonchev–Trinajstić information content (AvgIpc) is 3.13. The molecule has 0 spiro atoms. The van der Waals surface area contributed by atoms with E-state index in [-0.39, 0.29) is 23.7 Å². The molecule has 2 N–H and O–H groups in total. The summed E-state index contributed by atoms with van der Waals surface area (Å²) in [5.41, 5.74) is -0.0641. The molecule has 19 heavy (non-hydrogen) atoms. The van der Waals surface area contributed by atoms with Gasteiger partial charge in [-0.3, -0.25) is 20.2 Å². The molecule has 0 saturated heterocycles. The Morgan fingerprint density at radius 3 is 2.79 bits per heavy atom. The van der Waals surface area contributed by atoms with Gasteiger partial charge in [0.1, 0.15) is 11.9 Å². The van der Waals surface area contributed by atoms with Crippen LogP contribution in [-0.2, 0) is 11.3 Å². The van der Waals surface area contributed by atoms with E-state index < -0.39 is 22.8 Å². The normalized spacial score (nSPS) is 16.1. The third-order valence-corrected chi connectivity index (χ3v) is 3.11. The lowest BCUT2D eigenvalue weighted by molar-refractivity contribution is -0.385. The molecule has 102 valence electrons. The van der Waals surface area contributed by atoms with Crippen LogP contribution < -0.4 is 5.32 Å². The fourth-order valence-corrected chi connectivity index (χ4v) is 1.98. The molecule has 0 radical (unpaired) electrons. The number of nitro groups is 1. The first kappa shape index (κ1) is 13.4. The van der Waals surface area contributed by atoms with Crippen molar-refractivity contribution >= 4 is 11.7 Å². The van der Waals surface area contributed by atoms with Crippen molar-refractivity contribution in [2.75, 3.05) is 0 Å². The summed E-state index contributed by atoms with van der Waals surface area (Å²) in [6, 6.07) is 2.41. The number of halogens is 1. The van der Waals surface area contributed by atoms with Crippen molar-refractivity contribution in [1.82, 2.24) is 5.32 Å². The first-order valence-electron chi connectivity index (χ1n) is 5.88. The van der Waals surface area contributed by atoms with Crippen molar-refractivity contribution in [3.63, 3.8) is 0 Å². The van der Waals surface area contributed by atoms with Crippen molar-refractivity contribution in [3.05, 3.63) is 39.7 Å². The number of nitrogens with one attached hydrogen (secondary N) is 1. The number of carboxylic acids is 1. The Morgan fingerprint density at radius 1 is 1.58 bits per heavy atom. The largest absolute Gasteiger partial charge is 0.480 e. The van der Waals surface area contributed by atoms with Crippen molar-refractivity contribution in [2.24, 2.45) is 5.92 Å². The van der Waals surface area contributed by atoms with Gasteiger partial charge in [0.25, 0.3) is 5.69 Å². The summed E-state index contributed by atoms with van der Waals surface area (Å²) in [5, 5.41) is 22.6. The van der Waals surface area contributed by atoms with E-state index in [9.17, 15) is 19.3 Å². The van der Waals surface area contributed by atoms with E-state index in [4.69, 9.17) is 5.11 Å². The number of benzene rings is 1. The molecule has 1 aromatic rings. The monoisotopic (exact) mass is 268 g/mol. The van der Waals surface area contributed by atoms with Gasteiger partial charge in [-0.05, 0) is 30.9 Å². The van der Waals surface area contributed by atoms with Gasteiger partial charge in [0.05, 0.1) is 4.92 Å². The standard InChI is InChI=1S/C12H13FN2O4/c13-9-3-4-10(15(18)19)8(5-9)6-14-11(12(16)17)7-1-2-7/h3-5,7,11,14H,1-2,6H2,(H,16,17). The maximum absolute atomic E-state index is 13.1. The number of nitrogens with zero attached hydrogens (tertiary/aromatic N) is 1. The van der Waals surface area contributed by atoms with Gasteiger partial charge in [-0.1, -0.05) is 0 Å². The zero-order valence-electron chi connectivity index (χ0n) is 10.0. The fourth-order valence-electron chi connectivity index (χ4n) is 1.98. The van der Waals surface area contributed by atoms with Gasteiger partial charge in [-0.25, -0.2) is 4.39 Å². The lowest BCUT2D eigenvalue weighted by Crippen LogP contribution is -2.38. The Hall–Kier alpha value is -2.02. The molecule has 1 aliphatic rings. The number of carbonyl (C=O) groups is 1. The Labute approximate surface area is 108 Å². The minimum Gasteiger partial charge on any atom is -0.480 e. The van der Waals surface area contributed by atoms with Crippen LogP contribution in [0, 0.1) is 21.8 Å². The van der Waals surface area contributed by atoms with Crippen LogP contribution in [0.15, 0.2) is 18.2 Å². The van der Waals surface area contributed by atoms with Gasteiger partial charge in [-0.2, -0.15) is 0 Å². The molecular formula is C12H13FN2O4. The van der Waals surface area contributed by atoms with Crippen LogP contribution in [0.4, 0.5) is 10.1 Å². The van der Waals surface area contributed by atoms with E-state index in [1.54, 1.807) is 0 Å². The molecule has 6 nitrogen and oxygen atoms in total. The van der Waals surface area contributed by atoms with E-state index in [2.05, 4.69) is 5.32 Å². The van der Waals surface area contributed by atoms with E-state index in [1.807, 2.05) is 0 Å². The second-order valence-electron chi connectivity index (χ2n) is 4.56. The molecule has 1 unspecified atom stereocenters. The summed E-state index contributed by atoms with van der Waals surface area (Å²) in [4.78, 5) is 21.2. The molecule has 0 bridgehead atoms. The molecular weight excluding hydrogens is 255 g/mol. The molecule has 0 aliphatic heterocycles. The summed E-state index contributed by atoms with van der Waals surface area (Å²) in [5.74, 6) is -1.51. The Kier molecular flexibility index (Phi) is 3.75. The van der Waals surface area contributed by atoms with Crippen molar-refractivity contribution in [1.29, 1.82) is 0 Å². The number of rotatable bonds is 6. The van der Waals surface area contributed by atoms with Crippen molar-refractivity contribution in [3.8, 4) is 0 Å². The van der Waals surface area contributed by atoms with Crippen molar-refractivity contribution in [2.45, 2.75) is 25.4 Å². The molecule has 0 amide bonds. The molecule has 7 heteroatoms. The molecule has 1 saturated carbocycles. The number of nitro benzene ring substituents is 1. The number of carboxylic acid groups (broad SMARTS) is 1. The van der Waals surface area contributed by atoms with Crippen LogP contribution in [0.5, 0.6) is 0 Å². The SMILES string of the molecule is O=C(O)C(NCc1cc(F)ccc1[N+](=O)[O-])C1CC1. The van der Waals surface area contributed by atoms with Crippen LogP contribution >= 0.6 is 0 Å². The van der Waals surface area contributed by atoms with Gasteiger partial charge < -0.3 is 5.11 Å². The molecule has 0 aromatic heterocycles. The predicted octanol–water partition coefficient (Wildman–Crippen LogP) is 1.69. The molecule has 2 rings (SSSR count). The quantitative estimate of drug-likeness (QED) is 0.605. The van der Waals surface area contributed by atoms with Crippen LogP contribution in [0.3, 0.4) is 0 Å². The Balaban J connectivity index is 2.11. The summed E-state index contributed by atoms with van der Waals surface area (Å²) in [6.07, 6.45) is 1.66. The lowest BCUT2D eigenvalue weighted by Gasteiger charge is -2.13. The predicted molar refractivity (Wildman–Crippen MR) is 64.0 cm³/mol. The maximum atomic E-state index is 13.1. The summed E-state index contributed by atoms with van der Waals surface area (Å²) < 4.78 is 13.1. The Morgan fingerprint density at radius 2 is 2.26 bits per heavy atom. The lowest BCUT2D eigenvalue weighted by atomic mass is 10.1. The smallest absolute Gasteiger partial charge is 0.320 e. The number of aliphatic carboxylic acids is 1. The summed E-state index contributed by atoms with van der Waals surface area (Å²) >= 11 is 0. The van der Waals surface area contributed by atoms with Gasteiger partial charge in [0.2, 0.25) is 0 Å². The number of hydrogen-bond acceptors (Lipinski definition) is 4. The number of hydrogen-bond donors (Lipinski definition) is 2. The average molecular weight is 268 g/mol. The van der Waals surface area contributed by atoms with Crippen LogP contribution in [0.1, 0.15) is 18.4 Å². The highest BCUT2D eigenvalue weighted by Crippen LogP contribution is 2.33. The van der Waals surface area contributed by atoms with E-state index in [0.29, 0.717) is 0 Å². The minimum atomic E-state index is -0.985. The van der Waals surface area contributed by atoms with Gasteiger partial charge >= 0.3 is 5.97 Å². The maximum Gasteiger partial charge on any atom is 0.320 e. The molecule has 1 aromatic carbocycles. The topological polar surface area (TPSA) is 92.5 Å². The van der Waals surface area contributed by atoms with Gasteiger partial charge in [0, 0.05) is 18.2 Å². The minimum absolute atomic E-state index is 0.0401. The molecule has 0 heterocycles. The van der Waals surface area contributed by atoms with Crippen LogP contribution in [-0.4, -0.2) is 22.0 Å².